The highest BCUT2D eigenvalue weighted by atomic mass is 32.2. The number of aryl methyl sites for hydroxylation is 1. The Morgan fingerprint density at radius 2 is 1.46 bits per heavy atom. The second kappa shape index (κ2) is 6.95. The minimum absolute atomic E-state index is 0.385. The van der Waals surface area contributed by atoms with Gasteiger partial charge in [0.15, 0.2) is 9.84 Å². The average molecular weight is 344 g/mol. The van der Waals surface area contributed by atoms with Gasteiger partial charge in [0.2, 0.25) is 0 Å². The number of hydrogen-bond donors (Lipinski definition) is 0. The average Bonchev–Trinajstić information content (AvgIpc) is 2.56. The largest absolute Gasteiger partial charge is 0.369 e. The molecule has 0 radical (unpaired) electrons. The van der Waals surface area contributed by atoms with E-state index in [1.54, 1.807) is 12.1 Å². The first kappa shape index (κ1) is 17.0. The fourth-order valence-electron chi connectivity index (χ4n) is 3.02. The molecule has 3 rings (SSSR count). The van der Waals surface area contributed by atoms with Crippen molar-refractivity contribution in [2.45, 2.75) is 18.4 Å². The van der Waals surface area contributed by atoms with Crippen molar-refractivity contribution in [2.24, 2.45) is 0 Å². The molecular formula is C19H24N2O2S. The van der Waals surface area contributed by atoms with Gasteiger partial charge in [0.25, 0.3) is 0 Å². The summed E-state index contributed by atoms with van der Waals surface area (Å²) in [5.41, 5.74) is 3.74. The van der Waals surface area contributed by atoms with Gasteiger partial charge in [0, 0.05) is 44.7 Å². The lowest BCUT2D eigenvalue weighted by molar-refractivity contribution is 0.250. The van der Waals surface area contributed by atoms with Gasteiger partial charge >= 0.3 is 0 Å². The summed E-state index contributed by atoms with van der Waals surface area (Å²) < 4.78 is 23.0. The van der Waals surface area contributed by atoms with Gasteiger partial charge in [-0.15, -0.1) is 0 Å². The van der Waals surface area contributed by atoms with Crippen LogP contribution in [0, 0.1) is 6.92 Å². The molecular weight excluding hydrogens is 320 g/mol. The van der Waals surface area contributed by atoms with E-state index in [0.717, 1.165) is 38.3 Å². The molecule has 5 heteroatoms. The van der Waals surface area contributed by atoms with Crippen LogP contribution in [0.25, 0.3) is 0 Å². The van der Waals surface area contributed by atoms with Crippen molar-refractivity contribution in [2.75, 3.05) is 37.3 Å². The molecule has 1 heterocycles. The quantitative estimate of drug-likeness (QED) is 0.855. The number of sulfone groups is 1. The van der Waals surface area contributed by atoms with Gasteiger partial charge in [-0.1, -0.05) is 29.8 Å². The van der Waals surface area contributed by atoms with Crippen LogP contribution in [0.5, 0.6) is 0 Å². The first-order valence-electron chi connectivity index (χ1n) is 8.25. The zero-order valence-electron chi connectivity index (χ0n) is 14.3. The Kier molecular flexibility index (Phi) is 4.92. The van der Waals surface area contributed by atoms with Crippen LogP contribution in [0.2, 0.25) is 0 Å². The predicted octanol–water partition coefficient (Wildman–Crippen LogP) is 2.72. The number of rotatable bonds is 4. The van der Waals surface area contributed by atoms with E-state index in [4.69, 9.17) is 0 Å². The van der Waals surface area contributed by atoms with Crippen molar-refractivity contribution in [3.63, 3.8) is 0 Å². The van der Waals surface area contributed by atoms with Crippen molar-refractivity contribution in [1.29, 1.82) is 0 Å². The van der Waals surface area contributed by atoms with Crippen molar-refractivity contribution >= 4 is 15.5 Å². The summed E-state index contributed by atoms with van der Waals surface area (Å²) in [6.07, 6.45) is 1.24. The molecule has 2 aromatic carbocycles. The molecule has 0 unspecified atom stereocenters. The number of anilines is 1. The van der Waals surface area contributed by atoms with Gasteiger partial charge in [-0.05, 0) is 36.8 Å². The van der Waals surface area contributed by atoms with Crippen LogP contribution >= 0.6 is 0 Å². The Hall–Kier alpha value is -1.85. The minimum Gasteiger partial charge on any atom is -0.369 e. The Morgan fingerprint density at radius 1 is 0.875 bits per heavy atom. The summed E-state index contributed by atoms with van der Waals surface area (Å²) in [5, 5.41) is 0. The lowest BCUT2D eigenvalue weighted by Gasteiger charge is -2.36. The number of nitrogens with zero attached hydrogens (tertiary/aromatic N) is 2. The van der Waals surface area contributed by atoms with E-state index in [-0.39, 0.29) is 0 Å². The van der Waals surface area contributed by atoms with E-state index in [9.17, 15) is 8.42 Å². The van der Waals surface area contributed by atoms with Gasteiger partial charge in [-0.25, -0.2) is 8.42 Å². The second-order valence-electron chi connectivity index (χ2n) is 6.51. The van der Waals surface area contributed by atoms with Gasteiger partial charge in [-0.3, -0.25) is 4.90 Å². The summed E-state index contributed by atoms with van der Waals surface area (Å²) in [6, 6.07) is 15.9. The molecule has 0 aromatic heterocycles. The van der Waals surface area contributed by atoms with Crippen LogP contribution in [0.15, 0.2) is 53.4 Å². The van der Waals surface area contributed by atoms with E-state index in [1.165, 1.54) is 17.5 Å². The third kappa shape index (κ3) is 4.16. The molecule has 0 saturated carbocycles. The van der Waals surface area contributed by atoms with Crippen LogP contribution in [0.1, 0.15) is 11.1 Å². The minimum atomic E-state index is -3.11. The highest BCUT2D eigenvalue weighted by Gasteiger charge is 2.17. The molecule has 0 spiro atoms. The molecule has 0 atom stereocenters. The summed E-state index contributed by atoms with van der Waals surface area (Å²) >= 11 is 0. The molecule has 2 aromatic rings. The molecule has 1 aliphatic rings. The van der Waals surface area contributed by atoms with E-state index in [2.05, 4.69) is 41.0 Å². The van der Waals surface area contributed by atoms with E-state index in [0.29, 0.717) is 4.90 Å². The SMILES string of the molecule is Cc1ccc(N2CCN(Cc3ccc(S(C)(=O)=O)cc3)CC2)cc1. The monoisotopic (exact) mass is 344 g/mol. The highest BCUT2D eigenvalue weighted by molar-refractivity contribution is 7.90. The van der Waals surface area contributed by atoms with Crippen LogP contribution in [-0.4, -0.2) is 45.8 Å². The topological polar surface area (TPSA) is 40.6 Å². The normalized spacial score (nSPS) is 16.3. The first-order valence-corrected chi connectivity index (χ1v) is 10.1. The Bertz CT molecular complexity index is 775. The number of hydrogen-bond acceptors (Lipinski definition) is 4. The Morgan fingerprint density at radius 3 is 2.00 bits per heavy atom. The van der Waals surface area contributed by atoms with Crippen molar-refractivity contribution < 1.29 is 8.42 Å². The third-order valence-corrected chi connectivity index (χ3v) is 5.66. The fourth-order valence-corrected chi connectivity index (χ4v) is 3.65. The molecule has 0 aliphatic carbocycles. The third-order valence-electron chi connectivity index (χ3n) is 4.53. The molecule has 0 bridgehead atoms. The molecule has 0 amide bonds. The van der Waals surface area contributed by atoms with Crippen LogP contribution in [0.3, 0.4) is 0 Å². The molecule has 1 fully saturated rings. The zero-order valence-corrected chi connectivity index (χ0v) is 15.1. The van der Waals surface area contributed by atoms with E-state index < -0.39 is 9.84 Å². The van der Waals surface area contributed by atoms with Gasteiger partial charge in [0.05, 0.1) is 4.90 Å². The van der Waals surface area contributed by atoms with Crippen molar-refractivity contribution in [1.82, 2.24) is 4.90 Å². The van der Waals surface area contributed by atoms with Crippen molar-refractivity contribution in [3.05, 3.63) is 59.7 Å². The molecule has 1 aliphatic heterocycles. The van der Waals surface area contributed by atoms with Crippen LogP contribution < -0.4 is 4.90 Å². The molecule has 128 valence electrons. The van der Waals surface area contributed by atoms with Crippen LogP contribution in [-0.2, 0) is 16.4 Å². The molecule has 24 heavy (non-hydrogen) atoms. The second-order valence-corrected chi connectivity index (χ2v) is 8.53. The smallest absolute Gasteiger partial charge is 0.175 e. The molecule has 0 N–H and O–H groups in total. The first-order chi connectivity index (χ1) is 11.4. The number of benzene rings is 2. The Labute approximate surface area is 144 Å². The summed E-state index contributed by atoms with van der Waals surface area (Å²) in [7, 11) is -3.11. The predicted molar refractivity (Wildman–Crippen MR) is 98.2 cm³/mol. The highest BCUT2D eigenvalue weighted by Crippen LogP contribution is 2.18. The summed E-state index contributed by atoms with van der Waals surface area (Å²) in [4.78, 5) is 5.22. The standard InChI is InChI=1S/C19H24N2O2S/c1-16-3-7-18(8-4-16)21-13-11-20(12-14-21)15-17-5-9-19(10-6-17)24(2,22)23/h3-10H,11-15H2,1-2H3. The summed E-state index contributed by atoms with van der Waals surface area (Å²) in [5.74, 6) is 0. The van der Waals surface area contributed by atoms with E-state index in [1.807, 2.05) is 12.1 Å². The maximum Gasteiger partial charge on any atom is 0.175 e. The van der Waals surface area contributed by atoms with Gasteiger partial charge in [-0.2, -0.15) is 0 Å². The maximum atomic E-state index is 11.5. The van der Waals surface area contributed by atoms with Crippen LogP contribution in [0.4, 0.5) is 5.69 Å². The lowest BCUT2D eigenvalue weighted by Crippen LogP contribution is -2.45. The van der Waals surface area contributed by atoms with Gasteiger partial charge in [0.1, 0.15) is 0 Å². The number of piperazine rings is 1. The molecule has 4 nitrogen and oxygen atoms in total. The maximum absolute atomic E-state index is 11.5. The lowest BCUT2D eigenvalue weighted by atomic mass is 10.1. The van der Waals surface area contributed by atoms with E-state index >= 15 is 0 Å². The summed E-state index contributed by atoms with van der Waals surface area (Å²) in [6.45, 7) is 7.04. The molecule has 1 saturated heterocycles. The van der Waals surface area contributed by atoms with Gasteiger partial charge < -0.3 is 4.90 Å². The van der Waals surface area contributed by atoms with Crippen molar-refractivity contribution in [3.8, 4) is 0 Å². The Balaban J connectivity index is 1.56. The zero-order chi connectivity index (χ0) is 17.2. The fraction of sp³-hybridized carbons (Fsp3) is 0.368.